The van der Waals surface area contributed by atoms with Crippen LogP contribution in [0.4, 0.5) is 10.5 Å². The van der Waals surface area contributed by atoms with E-state index in [1.165, 1.54) is 0 Å². The summed E-state index contributed by atoms with van der Waals surface area (Å²) in [6, 6.07) is 5.18. The van der Waals surface area contributed by atoms with E-state index < -0.39 is 0 Å². The van der Waals surface area contributed by atoms with E-state index in [9.17, 15) is 4.79 Å². The van der Waals surface area contributed by atoms with Crippen molar-refractivity contribution < 1.29 is 19.0 Å². The molecule has 6 heteroatoms. The Hall–Kier alpha value is -1.95. The number of methoxy groups -OCH3 is 2. The van der Waals surface area contributed by atoms with Crippen LogP contribution in [0.25, 0.3) is 0 Å². The summed E-state index contributed by atoms with van der Waals surface area (Å²) >= 11 is 0. The lowest BCUT2D eigenvalue weighted by Gasteiger charge is -2.32. The number of nitrogens with one attached hydrogen (secondary N) is 1. The molecule has 1 N–H and O–H groups in total. The third kappa shape index (κ3) is 4.27. The molecule has 1 aromatic carbocycles. The van der Waals surface area contributed by atoms with Crippen LogP contribution in [0, 0.1) is 0 Å². The average molecular weight is 308 g/mol. The number of hydrogen-bond donors (Lipinski definition) is 1. The molecular formula is C16H24N2O4. The summed E-state index contributed by atoms with van der Waals surface area (Å²) in [6.45, 7) is 4.02. The molecule has 1 aliphatic heterocycles. The second kappa shape index (κ2) is 7.89. The van der Waals surface area contributed by atoms with Gasteiger partial charge in [0.25, 0.3) is 0 Å². The fourth-order valence-electron chi connectivity index (χ4n) is 2.58. The average Bonchev–Trinajstić information content (AvgIpc) is 2.55. The number of rotatable bonds is 5. The molecule has 1 atom stereocenters. The van der Waals surface area contributed by atoms with Crippen LogP contribution in [0.15, 0.2) is 18.2 Å². The number of urea groups is 1. The van der Waals surface area contributed by atoms with Crippen molar-refractivity contribution >= 4 is 11.7 Å². The van der Waals surface area contributed by atoms with Crippen molar-refractivity contribution in [1.29, 1.82) is 0 Å². The Morgan fingerprint density at radius 1 is 1.27 bits per heavy atom. The maximum Gasteiger partial charge on any atom is 0.321 e. The molecule has 0 saturated carbocycles. The van der Waals surface area contributed by atoms with Gasteiger partial charge in [0.1, 0.15) is 11.5 Å². The predicted octanol–water partition coefficient (Wildman–Crippen LogP) is 2.74. The third-order valence-corrected chi connectivity index (χ3v) is 3.67. The monoisotopic (exact) mass is 308 g/mol. The zero-order chi connectivity index (χ0) is 15.9. The lowest BCUT2D eigenvalue weighted by atomic mass is 10.1. The first kappa shape index (κ1) is 16.4. The van der Waals surface area contributed by atoms with Crippen LogP contribution in [-0.2, 0) is 4.74 Å². The highest BCUT2D eigenvalue weighted by Gasteiger charge is 2.24. The molecule has 1 saturated heterocycles. The molecule has 0 radical (unpaired) electrons. The fourth-order valence-corrected chi connectivity index (χ4v) is 2.58. The molecule has 122 valence electrons. The number of anilines is 1. The lowest BCUT2D eigenvalue weighted by Crippen LogP contribution is -2.45. The van der Waals surface area contributed by atoms with Crippen molar-refractivity contribution in [3.8, 4) is 11.5 Å². The van der Waals surface area contributed by atoms with Crippen LogP contribution in [0.2, 0.25) is 0 Å². The molecular weight excluding hydrogens is 284 g/mol. The van der Waals surface area contributed by atoms with E-state index in [-0.39, 0.29) is 12.1 Å². The summed E-state index contributed by atoms with van der Waals surface area (Å²) in [5.41, 5.74) is 0.653. The predicted molar refractivity (Wildman–Crippen MR) is 84.8 cm³/mol. The Morgan fingerprint density at radius 2 is 1.95 bits per heavy atom. The van der Waals surface area contributed by atoms with Crippen LogP contribution in [0.3, 0.4) is 0 Å². The standard InChI is InChI=1S/C16H24N2O4/c1-4-22-13-6-5-7-18(11-13)16(19)17-12-8-14(20-2)10-15(9-12)21-3/h8-10,13H,4-7,11H2,1-3H3,(H,17,19). The SMILES string of the molecule is CCOC1CCCN(C(=O)Nc2cc(OC)cc(OC)c2)C1. The van der Waals surface area contributed by atoms with Gasteiger partial charge < -0.3 is 24.4 Å². The molecule has 1 unspecified atom stereocenters. The number of carbonyl (C=O) groups excluding carboxylic acids is 1. The van der Waals surface area contributed by atoms with E-state index >= 15 is 0 Å². The molecule has 1 fully saturated rings. The highest BCUT2D eigenvalue weighted by atomic mass is 16.5. The van der Waals surface area contributed by atoms with E-state index in [1.807, 2.05) is 6.92 Å². The van der Waals surface area contributed by atoms with Gasteiger partial charge in [-0.15, -0.1) is 0 Å². The quantitative estimate of drug-likeness (QED) is 0.908. The molecule has 0 spiro atoms. The second-order valence-electron chi connectivity index (χ2n) is 5.20. The number of piperidine rings is 1. The minimum Gasteiger partial charge on any atom is -0.497 e. The summed E-state index contributed by atoms with van der Waals surface area (Å²) in [6.07, 6.45) is 2.09. The zero-order valence-corrected chi connectivity index (χ0v) is 13.4. The normalized spacial score (nSPS) is 18.0. The van der Waals surface area contributed by atoms with Gasteiger partial charge in [0, 0.05) is 43.6 Å². The van der Waals surface area contributed by atoms with Crippen LogP contribution >= 0.6 is 0 Å². The maximum atomic E-state index is 12.4. The Morgan fingerprint density at radius 3 is 2.55 bits per heavy atom. The fraction of sp³-hybridized carbons (Fsp3) is 0.562. The molecule has 1 aliphatic rings. The highest BCUT2D eigenvalue weighted by molar-refractivity contribution is 5.90. The van der Waals surface area contributed by atoms with E-state index in [1.54, 1.807) is 37.3 Å². The number of benzene rings is 1. The molecule has 6 nitrogen and oxygen atoms in total. The molecule has 1 aromatic rings. The van der Waals surface area contributed by atoms with E-state index in [0.717, 1.165) is 19.4 Å². The van der Waals surface area contributed by atoms with Gasteiger partial charge in [0.05, 0.1) is 20.3 Å². The number of carbonyl (C=O) groups is 1. The molecule has 0 bridgehead atoms. The van der Waals surface area contributed by atoms with Crippen molar-refractivity contribution in [3.63, 3.8) is 0 Å². The molecule has 22 heavy (non-hydrogen) atoms. The Balaban J connectivity index is 2.01. The number of ether oxygens (including phenoxy) is 3. The number of hydrogen-bond acceptors (Lipinski definition) is 4. The van der Waals surface area contributed by atoms with E-state index in [0.29, 0.717) is 30.3 Å². The maximum absolute atomic E-state index is 12.4. The van der Waals surface area contributed by atoms with Crippen molar-refractivity contribution in [2.24, 2.45) is 0 Å². The van der Waals surface area contributed by atoms with Gasteiger partial charge in [-0.25, -0.2) is 4.79 Å². The van der Waals surface area contributed by atoms with Gasteiger partial charge in [-0.2, -0.15) is 0 Å². The van der Waals surface area contributed by atoms with Gasteiger partial charge in [-0.1, -0.05) is 0 Å². The minimum absolute atomic E-state index is 0.125. The summed E-state index contributed by atoms with van der Waals surface area (Å²) in [5.74, 6) is 1.28. The minimum atomic E-state index is -0.125. The van der Waals surface area contributed by atoms with Gasteiger partial charge in [-0.3, -0.25) is 0 Å². The first-order valence-electron chi connectivity index (χ1n) is 7.56. The number of likely N-dealkylation sites (tertiary alicyclic amines) is 1. The summed E-state index contributed by atoms with van der Waals surface area (Å²) in [7, 11) is 3.16. The van der Waals surface area contributed by atoms with Crippen LogP contribution in [-0.4, -0.2) is 51.0 Å². The largest absolute Gasteiger partial charge is 0.497 e. The number of nitrogens with zero attached hydrogens (tertiary/aromatic N) is 1. The Bertz CT molecular complexity index is 483. The smallest absolute Gasteiger partial charge is 0.321 e. The second-order valence-corrected chi connectivity index (χ2v) is 5.20. The molecule has 2 rings (SSSR count). The molecule has 1 heterocycles. The van der Waals surface area contributed by atoms with E-state index in [2.05, 4.69) is 5.32 Å². The van der Waals surface area contributed by atoms with Crippen molar-refractivity contribution in [2.75, 3.05) is 39.2 Å². The van der Waals surface area contributed by atoms with Gasteiger partial charge in [0.15, 0.2) is 0 Å². The van der Waals surface area contributed by atoms with Crippen LogP contribution in [0.5, 0.6) is 11.5 Å². The Labute approximate surface area is 131 Å². The van der Waals surface area contributed by atoms with Gasteiger partial charge >= 0.3 is 6.03 Å². The van der Waals surface area contributed by atoms with Gasteiger partial charge in [-0.05, 0) is 19.8 Å². The summed E-state index contributed by atoms with van der Waals surface area (Å²) in [4.78, 5) is 14.2. The zero-order valence-electron chi connectivity index (χ0n) is 13.4. The summed E-state index contributed by atoms with van der Waals surface area (Å²) < 4.78 is 16.0. The summed E-state index contributed by atoms with van der Waals surface area (Å²) in [5, 5.41) is 2.90. The molecule has 0 aromatic heterocycles. The van der Waals surface area contributed by atoms with E-state index in [4.69, 9.17) is 14.2 Å². The third-order valence-electron chi connectivity index (χ3n) is 3.67. The number of amides is 2. The lowest BCUT2D eigenvalue weighted by molar-refractivity contribution is 0.0181. The molecule has 0 aliphatic carbocycles. The highest BCUT2D eigenvalue weighted by Crippen LogP contribution is 2.26. The van der Waals surface area contributed by atoms with Gasteiger partial charge in [0.2, 0.25) is 0 Å². The van der Waals surface area contributed by atoms with Crippen molar-refractivity contribution in [1.82, 2.24) is 4.90 Å². The topological polar surface area (TPSA) is 60.0 Å². The van der Waals surface area contributed by atoms with Crippen molar-refractivity contribution in [2.45, 2.75) is 25.9 Å². The van der Waals surface area contributed by atoms with Crippen LogP contribution < -0.4 is 14.8 Å². The molecule has 2 amide bonds. The Kier molecular flexibility index (Phi) is 5.89. The first-order chi connectivity index (χ1) is 10.7. The van der Waals surface area contributed by atoms with Crippen LogP contribution in [0.1, 0.15) is 19.8 Å². The first-order valence-corrected chi connectivity index (χ1v) is 7.56. The van der Waals surface area contributed by atoms with Crippen molar-refractivity contribution in [3.05, 3.63) is 18.2 Å².